The fourth-order valence-corrected chi connectivity index (χ4v) is 4.33. The van der Waals surface area contributed by atoms with E-state index in [1.807, 2.05) is 0 Å². The zero-order valence-corrected chi connectivity index (χ0v) is 20.6. The summed E-state index contributed by atoms with van der Waals surface area (Å²) in [6.07, 6.45) is -4.37. The minimum Gasteiger partial charge on any atom is -0.350 e. The van der Waals surface area contributed by atoms with E-state index < -0.39 is 34.9 Å². The third-order valence-electron chi connectivity index (χ3n) is 6.23. The number of aromatic nitrogens is 2. The molecule has 7 nitrogen and oxygen atoms in total. The predicted octanol–water partition coefficient (Wildman–Crippen LogP) is 4.64. The summed E-state index contributed by atoms with van der Waals surface area (Å²) in [7, 11) is 0. The number of ketones is 1. The smallest absolute Gasteiger partial charge is 0.350 e. The number of nitrogens with zero attached hydrogens (tertiary/aromatic N) is 2. The van der Waals surface area contributed by atoms with E-state index in [9.17, 15) is 32.3 Å². The number of alkyl halides is 3. The summed E-state index contributed by atoms with van der Waals surface area (Å²) < 4.78 is 41.3. The molecule has 0 saturated heterocycles. The van der Waals surface area contributed by atoms with Gasteiger partial charge in [-0.3, -0.25) is 19.0 Å². The Morgan fingerprint density at radius 2 is 1.66 bits per heavy atom. The summed E-state index contributed by atoms with van der Waals surface area (Å²) in [5.41, 5.74) is -1.27. The van der Waals surface area contributed by atoms with Crippen LogP contribution in [0.3, 0.4) is 0 Å². The molecule has 0 spiro atoms. The molecule has 0 aliphatic carbocycles. The monoisotopic (exact) mass is 523 g/mol. The van der Waals surface area contributed by atoms with E-state index >= 15 is 0 Å². The highest BCUT2D eigenvalue weighted by Gasteiger charge is 2.30. The van der Waals surface area contributed by atoms with E-state index in [4.69, 9.17) is 0 Å². The van der Waals surface area contributed by atoms with Gasteiger partial charge in [0.1, 0.15) is 6.04 Å². The van der Waals surface area contributed by atoms with Crippen molar-refractivity contribution in [2.75, 3.05) is 0 Å². The fourth-order valence-electron chi connectivity index (χ4n) is 4.33. The number of hydrogen-bond donors (Lipinski definition) is 1. The van der Waals surface area contributed by atoms with Crippen molar-refractivity contribution in [3.63, 3.8) is 0 Å². The lowest BCUT2D eigenvalue weighted by Gasteiger charge is -2.22. The fraction of sp³-hybridized carbons (Fsp3) is 0.214. The van der Waals surface area contributed by atoms with Gasteiger partial charge in [0.05, 0.1) is 22.2 Å². The van der Waals surface area contributed by atoms with E-state index in [0.717, 1.165) is 16.7 Å². The number of carbonyl (C=O) groups excluding carboxylic acids is 2. The van der Waals surface area contributed by atoms with Crippen LogP contribution in [0.4, 0.5) is 13.2 Å². The standard InChI is InChI=1S/C28H24F3N3O4/c1-3-23(25(36)32-16-18-8-6-10-20(14-18)28(29,30)31)34-24-13-5-4-12-22(24)26(37)33(27(34)38)21-11-7-9-19(15-21)17(2)35/h4-15,23H,3,16H2,1-2H3,(H,32,36)/t23-/m1/s1. The number of hydrogen-bond acceptors (Lipinski definition) is 4. The predicted molar refractivity (Wildman–Crippen MR) is 136 cm³/mol. The lowest BCUT2D eigenvalue weighted by atomic mass is 10.1. The SMILES string of the molecule is CC[C@H](C(=O)NCc1cccc(C(F)(F)F)c1)n1c(=O)n(-c2cccc(C(C)=O)c2)c(=O)c2ccccc21. The second-order valence-corrected chi connectivity index (χ2v) is 8.76. The molecule has 10 heteroatoms. The Hall–Kier alpha value is -4.47. The molecule has 1 heterocycles. The van der Waals surface area contributed by atoms with Crippen LogP contribution in [0.2, 0.25) is 0 Å². The van der Waals surface area contributed by atoms with Gasteiger partial charge >= 0.3 is 11.9 Å². The van der Waals surface area contributed by atoms with Crippen LogP contribution in [0.25, 0.3) is 16.6 Å². The van der Waals surface area contributed by atoms with Crippen LogP contribution < -0.4 is 16.6 Å². The van der Waals surface area contributed by atoms with Crippen LogP contribution in [0.5, 0.6) is 0 Å². The first-order valence-corrected chi connectivity index (χ1v) is 11.8. The van der Waals surface area contributed by atoms with Gasteiger partial charge in [0.15, 0.2) is 5.78 Å². The molecule has 4 rings (SSSR count). The molecule has 4 aromatic rings. The molecule has 0 radical (unpaired) electrons. The molecule has 0 bridgehead atoms. The largest absolute Gasteiger partial charge is 0.416 e. The number of rotatable bonds is 7. The quantitative estimate of drug-likeness (QED) is 0.358. The molecular weight excluding hydrogens is 499 g/mol. The Morgan fingerprint density at radius 1 is 0.947 bits per heavy atom. The van der Waals surface area contributed by atoms with Gasteiger partial charge in [-0.25, -0.2) is 9.36 Å². The van der Waals surface area contributed by atoms with Crippen molar-refractivity contribution in [1.82, 2.24) is 14.5 Å². The zero-order valence-electron chi connectivity index (χ0n) is 20.6. The van der Waals surface area contributed by atoms with Crippen molar-refractivity contribution in [3.05, 3.63) is 110 Å². The highest BCUT2D eigenvalue weighted by Crippen LogP contribution is 2.29. The minimum absolute atomic E-state index is 0.157. The normalized spacial score (nSPS) is 12.3. The molecule has 1 aromatic heterocycles. The van der Waals surface area contributed by atoms with Crippen LogP contribution in [-0.2, 0) is 17.5 Å². The maximum atomic E-state index is 13.8. The van der Waals surface area contributed by atoms with E-state index in [1.165, 1.54) is 41.8 Å². The van der Waals surface area contributed by atoms with Crippen LogP contribution >= 0.6 is 0 Å². The molecule has 0 aliphatic rings. The summed E-state index contributed by atoms with van der Waals surface area (Å²) in [6, 6.07) is 15.9. The molecule has 0 fully saturated rings. The molecule has 0 unspecified atom stereocenters. The van der Waals surface area contributed by atoms with E-state index in [-0.39, 0.29) is 40.9 Å². The summed E-state index contributed by atoms with van der Waals surface area (Å²) in [5, 5.41) is 2.80. The number of amides is 1. The van der Waals surface area contributed by atoms with Crippen molar-refractivity contribution < 1.29 is 22.8 Å². The molecule has 0 aliphatic heterocycles. The first-order valence-electron chi connectivity index (χ1n) is 11.8. The average molecular weight is 524 g/mol. The number of Topliss-reactive ketones (excluding diaryl/α,β-unsaturated/α-hetero) is 1. The number of halogens is 3. The highest BCUT2D eigenvalue weighted by atomic mass is 19.4. The Kier molecular flexibility index (Phi) is 7.34. The van der Waals surface area contributed by atoms with Crippen molar-refractivity contribution in [2.24, 2.45) is 0 Å². The average Bonchev–Trinajstić information content (AvgIpc) is 2.89. The molecule has 1 atom stereocenters. The molecule has 0 saturated carbocycles. The second-order valence-electron chi connectivity index (χ2n) is 8.76. The lowest BCUT2D eigenvalue weighted by molar-refractivity contribution is -0.137. The Balaban J connectivity index is 1.79. The second kappa shape index (κ2) is 10.5. The van der Waals surface area contributed by atoms with Crippen LogP contribution in [-0.4, -0.2) is 20.8 Å². The van der Waals surface area contributed by atoms with Crippen LogP contribution in [0, 0.1) is 0 Å². The van der Waals surface area contributed by atoms with Crippen LogP contribution in [0.1, 0.15) is 47.8 Å². The van der Waals surface area contributed by atoms with E-state index in [2.05, 4.69) is 5.32 Å². The van der Waals surface area contributed by atoms with Crippen molar-refractivity contribution in [2.45, 2.75) is 39.0 Å². The van der Waals surface area contributed by atoms with E-state index in [1.54, 1.807) is 37.3 Å². The first kappa shape index (κ1) is 26.6. The topological polar surface area (TPSA) is 90.2 Å². The van der Waals surface area contributed by atoms with Crippen LogP contribution in [0.15, 0.2) is 82.4 Å². The van der Waals surface area contributed by atoms with Gasteiger partial charge in [-0.15, -0.1) is 0 Å². The molecular formula is C28H24F3N3O4. The zero-order chi connectivity index (χ0) is 27.6. The van der Waals surface area contributed by atoms with Gasteiger partial charge in [0.2, 0.25) is 5.91 Å². The summed E-state index contributed by atoms with van der Waals surface area (Å²) in [4.78, 5) is 52.3. The number of nitrogens with one attached hydrogen (secondary N) is 1. The number of para-hydroxylation sites is 1. The van der Waals surface area contributed by atoms with Gasteiger partial charge in [0, 0.05) is 12.1 Å². The number of carbonyl (C=O) groups is 2. The number of benzene rings is 3. The van der Waals surface area contributed by atoms with Gasteiger partial charge in [-0.2, -0.15) is 13.2 Å². The van der Waals surface area contributed by atoms with Gasteiger partial charge in [-0.05, 0) is 55.3 Å². The highest BCUT2D eigenvalue weighted by molar-refractivity contribution is 5.94. The summed E-state index contributed by atoms with van der Waals surface area (Å²) >= 11 is 0. The van der Waals surface area contributed by atoms with Crippen molar-refractivity contribution >= 4 is 22.6 Å². The molecule has 1 N–H and O–H groups in total. The number of fused-ring (bicyclic) bond motifs is 1. The maximum absolute atomic E-state index is 13.8. The minimum atomic E-state index is -4.52. The van der Waals surface area contributed by atoms with Crippen molar-refractivity contribution in [3.8, 4) is 5.69 Å². The molecule has 38 heavy (non-hydrogen) atoms. The Labute approximate surface area is 215 Å². The molecule has 1 amide bonds. The van der Waals surface area contributed by atoms with Gasteiger partial charge in [0.25, 0.3) is 5.56 Å². The van der Waals surface area contributed by atoms with Crippen molar-refractivity contribution in [1.29, 1.82) is 0 Å². The first-order chi connectivity index (χ1) is 18.0. The Morgan fingerprint density at radius 3 is 2.34 bits per heavy atom. The van der Waals surface area contributed by atoms with Gasteiger partial charge < -0.3 is 5.32 Å². The molecule has 196 valence electrons. The lowest BCUT2D eigenvalue weighted by Crippen LogP contribution is -2.44. The maximum Gasteiger partial charge on any atom is 0.416 e. The summed E-state index contributed by atoms with van der Waals surface area (Å²) in [6.45, 7) is 2.86. The third kappa shape index (κ3) is 5.15. The van der Waals surface area contributed by atoms with Gasteiger partial charge in [-0.1, -0.05) is 43.3 Å². The summed E-state index contributed by atoms with van der Waals surface area (Å²) in [5.74, 6) is -0.846. The Bertz CT molecular complexity index is 1650. The third-order valence-corrected chi connectivity index (χ3v) is 6.23. The van der Waals surface area contributed by atoms with E-state index in [0.29, 0.717) is 5.56 Å². The molecule has 3 aromatic carbocycles.